The second-order valence-corrected chi connectivity index (χ2v) is 6.88. The molecule has 0 spiro atoms. The van der Waals surface area contributed by atoms with Crippen molar-refractivity contribution in [1.82, 2.24) is 0 Å². The van der Waals surface area contributed by atoms with Gasteiger partial charge in [0.2, 0.25) is 0 Å². The van der Waals surface area contributed by atoms with Gasteiger partial charge in [0.1, 0.15) is 0 Å². The fourth-order valence-electron chi connectivity index (χ4n) is 3.63. The van der Waals surface area contributed by atoms with Gasteiger partial charge in [-0.05, 0) is 40.5 Å². The Kier molecular flexibility index (Phi) is 3.31. The summed E-state index contributed by atoms with van der Waals surface area (Å²) in [6.07, 6.45) is 2.41. The molecule has 0 amide bonds. The van der Waals surface area contributed by atoms with Crippen LogP contribution in [0.3, 0.4) is 0 Å². The van der Waals surface area contributed by atoms with Crippen LogP contribution in [-0.2, 0) is 0 Å². The molecule has 0 bridgehead atoms. The molecule has 1 unspecified atom stereocenters. The second kappa shape index (κ2) is 3.96. The van der Waals surface area contributed by atoms with Crippen LogP contribution in [0.15, 0.2) is 5.11 Å². The van der Waals surface area contributed by atoms with E-state index in [4.69, 9.17) is 5.53 Å². The topological polar surface area (TPSA) is 48.8 Å². The maximum absolute atomic E-state index is 8.60. The van der Waals surface area contributed by atoms with Crippen molar-refractivity contribution < 1.29 is 0 Å². The van der Waals surface area contributed by atoms with E-state index in [1.807, 2.05) is 0 Å². The van der Waals surface area contributed by atoms with Gasteiger partial charge >= 0.3 is 0 Å². The van der Waals surface area contributed by atoms with Crippen LogP contribution in [0.4, 0.5) is 0 Å². The van der Waals surface area contributed by atoms with Gasteiger partial charge < -0.3 is 0 Å². The van der Waals surface area contributed by atoms with Crippen LogP contribution in [0.2, 0.25) is 0 Å². The highest BCUT2D eigenvalue weighted by Gasteiger charge is 2.57. The Morgan fingerprint density at radius 3 is 2.25 bits per heavy atom. The van der Waals surface area contributed by atoms with Gasteiger partial charge in [0.05, 0.1) is 0 Å². The molecule has 1 rings (SSSR count). The molecule has 1 fully saturated rings. The van der Waals surface area contributed by atoms with Crippen LogP contribution in [0, 0.1) is 22.2 Å². The van der Waals surface area contributed by atoms with Gasteiger partial charge in [0.25, 0.3) is 0 Å². The van der Waals surface area contributed by atoms with E-state index in [0.29, 0.717) is 12.5 Å². The van der Waals surface area contributed by atoms with Crippen LogP contribution in [-0.4, -0.2) is 6.54 Å². The zero-order chi connectivity index (χ0) is 12.6. The van der Waals surface area contributed by atoms with Gasteiger partial charge in [0.15, 0.2) is 0 Å². The molecular formula is C13H25N3. The van der Waals surface area contributed by atoms with Crippen LogP contribution in [0.5, 0.6) is 0 Å². The van der Waals surface area contributed by atoms with Crippen molar-refractivity contribution in [2.45, 2.75) is 54.4 Å². The molecule has 0 saturated heterocycles. The van der Waals surface area contributed by atoms with E-state index in [1.165, 1.54) is 12.8 Å². The molecule has 2 atom stereocenters. The van der Waals surface area contributed by atoms with Gasteiger partial charge in [-0.25, -0.2) is 0 Å². The molecule has 0 aromatic carbocycles. The molecule has 0 aromatic heterocycles. The lowest BCUT2D eigenvalue weighted by molar-refractivity contribution is -0.0226. The lowest BCUT2D eigenvalue weighted by Gasteiger charge is -2.52. The zero-order valence-electron chi connectivity index (χ0n) is 11.5. The minimum absolute atomic E-state index is 0.131. The van der Waals surface area contributed by atoms with Crippen molar-refractivity contribution in [3.8, 4) is 0 Å². The Balaban J connectivity index is 3.20. The van der Waals surface area contributed by atoms with Crippen LogP contribution < -0.4 is 0 Å². The summed E-state index contributed by atoms with van der Waals surface area (Å²) < 4.78 is 0. The molecular weight excluding hydrogens is 198 g/mol. The van der Waals surface area contributed by atoms with Crippen molar-refractivity contribution >= 4 is 0 Å². The monoisotopic (exact) mass is 223 g/mol. The molecule has 92 valence electrons. The third-order valence-electron chi connectivity index (χ3n) is 5.31. The molecule has 0 aliphatic heterocycles. The third kappa shape index (κ3) is 1.71. The molecule has 16 heavy (non-hydrogen) atoms. The lowest BCUT2D eigenvalue weighted by atomic mass is 9.53. The SMILES string of the molecule is CC1CC[C@](CN=[N+]=[N-])(C(C)(C)C)C1(C)C. The molecule has 0 heterocycles. The number of azide groups is 1. The van der Waals surface area contributed by atoms with Crippen molar-refractivity contribution in [3.63, 3.8) is 0 Å². The van der Waals surface area contributed by atoms with Crippen LogP contribution >= 0.6 is 0 Å². The first-order valence-electron chi connectivity index (χ1n) is 6.20. The standard InChI is InChI=1S/C13H25N3/c1-10-7-8-13(9-15-16-14,11(2,3)4)12(10,5)6/h10H,7-9H2,1-6H3/t10?,13-/m0/s1. The lowest BCUT2D eigenvalue weighted by Crippen LogP contribution is -2.48. The summed E-state index contributed by atoms with van der Waals surface area (Å²) in [6.45, 7) is 14.5. The molecule has 0 radical (unpaired) electrons. The van der Waals surface area contributed by atoms with Crippen LogP contribution in [0.25, 0.3) is 10.4 Å². The van der Waals surface area contributed by atoms with Gasteiger partial charge in [-0.2, -0.15) is 0 Å². The predicted octanol–water partition coefficient (Wildman–Crippen LogP) is 4.79. The average Bonchev–Trinajstić information content (AvgIpc) is 2.36. The largest absolute Gasteiger partial charge is 0.0934 e. The molecule has 1 saturated carbocycles. The zero-order valence-corrected chi connectivity index (χ0v) is 11.5. The summed E-state index contributed by atoms with van der Waals surface area (Å²) in [7, 11) is 0. The first-order chi connectivity index (χ1) is 7.19. The number of rotatable bonds is 2. The van der Waals surface area contributed by atoms with Crippen LogP contribution in [0.1, 0.15) is 54.4 Å². The molecule has 0 aromatic rings. The minimum Gasteiger partial charge on any atom is -0.0934 e. The van der Waals surface area contributed by atoms with Crippen molar-refractivity contribution in [3.05, 3.63) is 10.4 Å². The van der Waals surface area contributed by atoms with Gasteiger partial charge in [-0.3, -0.25) is 0 Å². The molecule has 1 aliphatic rings. The summed E-state index contributed by atoms with van der Waals surface area (Å²) >= 11 is 0. The van der Waals surface area contributed by atoms with Crippen molar-refractivity contribution in [2.75, 3.05) is 6.54 Å². The Labute approximate surface area is 99.2 Å². The first kappa shape index (κ1) is 13.4. The molecule has 3 nitrogen and oxygen atoms in total. The van der Waals surface area contributed by atoms with E-state index in [1.54, 1.807) is 0 Å². The summed E-state index contributed by atoms with van der Waals surface area (Å²) in [6, 6.07) is 0. The van der Waals surface area contributed by atoms with E-state index >= 15 is 0 Å². The maximum Gasteiger partial charge on any atom is 0.0324 e. The Morgan fingerprint density at radius 1 is 1.38 bits per heavy atom. The first-order valence-corrected chi connectivity index (χ1v) is 6.20. The van der Waals surface area contributed by atoms with E-state index < -0.39 is 0 Å². The van der Waals surface area contributed by atoms with E-state index in [9.17, 15) is 0 Å². The third-order valence-corrected chi connectivity index (χ3v) is 5.31. The summed E-state index contributed by atoms with van der Waals surface area (Å²) in [4.78, 5) is 2.97. The fourth-order valence-corrected chi connectivity index (χ4v) is 3.63. The minimum atomic E-state index is 0.131. The summed E-state index contributed by atoms with van der Waals surface area (Å²) in [5.41, 5.74) is 9.14. The van der Waals surface area contributed by atoms with Crippen molar-refractivity contribution in [1.29, 1.82) is 0 Å². The Hall–Kier alpha value is -0.690. The van der Waals surface area contributed by atoms with Gasteiger partial charge in [-0.1, -0.05) is 46.7 Å². The Morgan fingerprint density at radius 2 is 1.94 bits per heavy atom. The maximum atomic E-state index is 8.60. The van der Waals surface area contributed by atoms with Gasteiger partial charge in [0, 0.05) is 11.5 Å². The van der Waals surface area contributed by atoms with E-state index in [-0.39, 0.29) is 16.2 Å². The molecule has 1 aliphatic carbocycles. The second-order valence-electron chi connectivity index (χ2n) is 6.88. The molecule has 0 N–H and O–H groups in total. The summed E-state index contributed by atoms with van der Waals surface area (Å²) in [5.74, 6) is 0.695. The normalized spacial score (nSPS) is 33.5. The number of hydrogen-bond acceptors (Lipinski definition) is 1. The highest BCUT2D eigenvalue weighted by molar-refractivity contribution is 5.07. The average molecular weight is 223 g/mol. The number of nitrogens with zero attached hydrogens (tertiary/aromatic N) is 3. The fraction of sp³-hybridized carbons (Fsp3) is 1.00. The summed E-state index contributed by atoms with van der Waals surface area (Å²) in [5, 5.41) is 3.90. The smallest absolute Gasteiger partial charge is 0.0324 e. The number of hydrogen-bond donors (Lipinski definition) is 0. The highest BCUT2D eigenvalue weighted by Crippen LogP contribution is 2.63. The quantitative estimate of drug-likeness (QED) is 0.367. The van der Waals surface area contributed by atoms with Crippen molar-refractivity contribution in [2.24, 2.45) is 27.3 Å². The highest BCUT2D eigenvalue weighted by atomic mass is 15.1. The van der Waals surface area contributed by atoms with E-state index in [2.05, 4.69) is 51.6 Å². The predicted molar refractivity (Wildman–Crippen MR) is 68.1 cm³/mol. The van der Waals surface area contributed by atoms with Gasteiger partial charge in [-0.15, -0.1) is 0 Å². The Bertz CT molecular complexity index is 308. The van der Waals surface area contributed by atoms with E-state index in [0.717, 1.165) is 0 Å². The molecule has 3 heteroatoms.